The molecule has 4 heteroatoms. The van der Waals surface area contributed by atoms with Crippen molar-refractivity contribution in [3.05, 3.63) is 29.3 Å². The highest BCUT2D eigenvalue weighted by molar-refractivity contribution is 5.80. The fourth-order valence-electron chi connectivity index (χ4n) is 2.22. The third-order valence-electron chi connectivity index (χ3n) is 3.50. The van der Waals surface area contributed by atoms with Crippen LogP contribution in [0.5, 0.6) is 0 Å². The summed E-state index contributed by atoms with van der Waals surface area (Å²) in [5, 5.41) is 0. The average Bonchev–Trinajstić information content (AvgIpc) is 2.34. The Labute approximate surface area is 108 Å². The van der Waals surface area contributed by atoms with Gasteiger partial charge in [-0.05, 0) is 25.6 Å². The first-order valence-corrected chi connectivity index (χ1v) is 6.37. The van der Waals surface area contributed by atoms with Crippen molar-refractivity contribution in [3.63, 3.8) is 0 Å². The fourth-order valence-corrected chi connectivity index (χ4v) is 2.22. The van der Waals surface area contributed by atoms with Crippen molar-refractivity contribution in [2.45, 2.75) is 13.3 Å². The lowest BCUT2D eigenvalue weighted by atomic mass is 10.1. The number of nitrogens with two attached hydrogens (primary N) is 1. The van der Waals surface area contributed by atoms with E-state index in [-0.39, 0.29) is 5.91 Å². The Morgan fingerprint density at radius 1 is 1.28 bits per heavy atom. The van der Waals surface area contributed by atoms with Crippen LogP contribution in [-0.2, 0) is 11.2 Å². The monoisotopic (exact) mass is 247 g/mol. The molecule has 4 nitrogen and oxygen atoms in total. The maximum absolute atomic E-state index is 12.2. The molecular formula is C14H21N3O. The third kappa shape index (κ3) is 3.01. The van der Waals surface area contributed by atoms with Crippen LogP contribution in [-0.4, -0.2) is 48.9 Å². The standard InChI is InChI=1S/C14H21N3O/c1-11-3-4-13(15)12(9-11)10-14(18)17-7-5-16(2)6-8-17/h3-4,9H,5-8,10,15H2,1-2H3. The van der Waals surface area contributed by atoms with Gasteiger partial charge in [0.25, 0.3) is 0 Å². The molecule has 0 spiro atoms. The molecule has 2 rings (SSSR count). The normalized spacial score (nSPS) is 16.9. The number of anilines is 1. The molecule has 98 valence electrons. The Kier molecular flexibility index (Phi) is 3.87. The van der Waals surface area contributed by atoms with Gasteiger partial charge in [-0.3, -0.25) is 4.79 Å². The van der Waals surface area contributed by atoms with Gasteiger partial charge in [0.1, 0.15) is 0 Å². The van der Waals surface area contributed by atoms with E-state index in [4.69, 9.17) is 5.73 Å². The van der Waals surface area contributed by atoms with E-state index in [1.54, 1.807) is 0 Å². The molecule has 1 aliphatic heterocycles. The molecule has 0 aromatic heterocycles. The van der Waals surface area contributed by atoms with Crippen LogP contribution in [0.25, 0.3) is 0 Å². The quantitative estimate of drug-likeness (QED) is 0.790. The molecule has 1 amide bonds. The van der Waals surface area contributed by atoms with Crippen molar-refractivity contribution >= 4 is 11.6 Å². The van der Waals surface area contributed by atoms with E-state index in [1.807, 2.05) is 30.0 Å². The number of nitrogen functional groups attached to an aromatic ring is 1. The number of nitrogens with zero attached hydrogens (tertiary/aromatic N) is 2. The fraction of sp³-hybridized carbons (Fsp3) is 0.500. The van der Waals surface area contributed by atoms with E-state index < -0.39 is 0 Å². The SMILES string of the molecule is Cc1ccc(N)c(CC(=O)N2CCN(C)CC2)c1. The lowest BCUT2D eigenvalue weighted by molar-refractivity contribution is -0.132. The number of hydrogen-bond donors (Lipinski definition) is 1. The summed E-state index contributed by atoms with van der Waals surface area (Å²) in [4.78, 5) is 16.4. The Morgan fingerprint density at radius 3 is 2.61 bits per heavy atom. The second-order valence-electron chi connectivity index (χ2n) is 5.06. The van der Waals surface area contributed by atoms with E-state index in [9.17, 15) is 4.79 Å². The van der Waals surface area contributed by atoms with Gasteiger partial charge in [-0.2, -0.15) is 0 Å². The molecule has 0 atom stereocenters. The van der Waals surface area contributed by atoms with Crippen molar-refractivity contribution in [1.82, 2.24) is 9.80 Å². The number of rotatable bonds is 2. The predicted molar refractivity (Wildman–Crippen MR) is 73.4 cm³/mol. The average molecular weight is 247 g/mol. The summed E-state index contributed by atoms with van der Waals surface area (Å²) in [5.74, 6) is 0.181. The van der Waals surface area contributed by atoms with Crippen LogP contribution in [0.4, 0.5) is 5.69 Å². The van der Waals surface area contributed by atoms with E-state index in [1.165, 1.54) is 0 Å². The summed E-state index contributed by atoms with van der Waals surface area (Å²) < 4.78 is 0. The lowest BCUT2D eigenvalue weighted by Crippen LogP contribution is -2.47. The summed E-state index contributed by atoms with van der Waals surface area (Å²) in [6.45, 7) is 5.56. The summed E-state index contributed by atoms with van der Waals surface area (Å²) >= 11 is 0. The molecular weight excluding hydrogens is 226 g/mol. The van der Waals surface area contributed by atoms with Gasteiger partial charge in [0.2, 0.25) is 5.91 Å². The number of hydrogen-bond acceptors (Lipinski definition) is 3. The Morgan fingerprint density at radius 2 is 1.94 bits per heavy atom. The van der Waals surface area contributed by atoms with Gasteiger partial charge >= 0.3 is 0 Å². The molecule has 18 heavy (non-hydrogen) atoms. The second-order valence-corrected chi connectivity index (χ2v) is 5.06. The molecule has 1 heterocycles. The van der Waals surface area contributed by atoms with E-state index in [0.717, 1.165) is 37.3 Å². The summed E-state index contributed by atoms with van der Waals surface area (Å²) in [7, 11) is 2.08. The number of benzene rings is 1. The third-order valence-corrected chi connectivity index (χ3v) is 3.50. The second kappa shape index (κ2) is 5.40. The largest absolute Gasteiger partial charge is 0.398 e. The number of aryl methyl sites for hydroxylation is 1. The zero-order chi connectivity index (χ0) is 13.1. The van der Waals surface area contributed by atoms with Gasteiger partial charge in [0, 0.05) is 31.9 Å². The van der Waals surface area contributed by atoms with Crippen LogP contribution in [0.15, 0.2) is 18.2 Å². The smallest absolute Gasteiger partial charge is 0.227 e. The first-order chi connectivity index (χ1) is 8.56. The molecule has 1 aromatic carbocycles. The number of carbonyl (C=O) groups excluding carboxylic acids is 1. The van der Waals surface area contributed by atoms with Crippen LogP contribution < -0.4 is 5.73 Å². The number of amides is 1. The zero-order valence-corrected chi connectivity index (χ0v) is 11.1. The van der Waals surface area contributed by atoms with E-state index in [0.29, 0.717) is 12.1 Å². The number of likely N-dealkylation sites (N-methyl/N-ethyl adjacent to an activating group) is 1. The van der Waals surface area contributed by atoms with Crippen LogP contribution in [0, 0.1) is 6.92 Å². The molecule has 1 saturated heterocycles. The minimum atomic E-state index is 0.181. The molecule has 0 aliphatic carbocycles. The van der Waals surface area contributed by atoms with Gasteiger partial charge in [-0.1, -0.05) is 17.7 Å². The van der Waals surface area contributed by atoms with E-state index in [2.05, 4.69) is 11.9 Å². The van der Waals surface area contributed by atoms with Crippen molar-refractivity contribution in [1.29, 1.82) is 0 Å². The minimum Gasteiger partial charge on any atom is -0.398 e. The van der Waals surface area contributed by atoms with Gasteiger partial charge in [0.15, 0.2) is 0 Å². The summed E-state index contributed by atoms with van der Waals surface area (Å²) in [6.07, 6.45) is 0.414. The van der Waals surface area contributed by atoms with Crippen LogP contribution in [0.2, 0.25) is 0 Å². The minimum absolute atomic E-state index is 0.181. The Hall–Kier alpha value is -1.55. The van der Waals surface area contributed by atoms with Crippen LogP contribution >= 0.6 is 0 Å². The van der Waals surface area contributed by atoms with Crippen LogP contribution in [0.1, 0.15) is 11.1 Å². The maximum atomic E-state index is 12.2. The molecule has 0 saturated carbocycles. The van der Waals surface area contributed by atoms with Gasteiger partial charge < -0.3 is 15.5 Å². The Balaban J connectivity index is 2.00. The Bertz CT molecular complexity index is 437. The molecule has 0 bridgehead atoms. The van der Waals surface area contributed by atoms with E-state index >= 15 is 0 Å². The highest BCUT2D eigenvalue weighted by atomic mass is 16.2. The molecule has 2 N–H and O–H groups in total. The molecule has 0 radical (unpaired) electrons. The number of piperazine rings is 1. The van der Waals surface area contributed by atoms with Gasteiger partial charge in [-0.15, -0.1) is 0 Å². The zero-order valence-electron chi connectivity index (χ0n) is 11.1. The molecule has 1 fully saturated rings. The highest BCUT2D eigenvalue weighted by Gasteiger charge is 2.19. The van der Waals surface area contributed by atoms with Gasteiger partial charge in [-0.25, -0.2) is 0 Å². The predicted octanol–water partition coefficient (Wildman–Crippen LogP) is 0.894. The lowest BCUT2D eigenvalue weighted by Gasteiger charge is -2.32. The topological polar surface area (TPSA) is 49.6 Å². The maximum Gasteiger partial charge on any atom is 0.227 e. The van der Waals surface area contributed by atoms with Crippen LogP contribution in [0.3, 0.4) is 0 Å². The molecule has 1 aromatic rings. The highest BCUT2D eigenvalue weighted by Crippen LogP contribution is 2.15. The van der Waals surface area contributed by atoms with Crippen molar-refractivity contribution in [2.24, 2.45) is 0 Å². The number of carbonyl (C=O) groups is 1. The first kappa shape index (κ1) is 12.9. The molecule has 0 unspecified atom stereocenters. The van der Waals surface area contributed by atoms with Gasteiger partial charge in [0.05, 0.1) is 6.42 Å². The van der Waals surface area contributed by atoms with Crippen molar-refractivity contribution < 1.29 is 4.79 Å². The summed E-state index contributed by atoms with van der Waals surface area (Å²) in [6, 6.07) is 5.85. The molecule has 1 aliphatic rings. The van der Waals surface area contributed by atoms with Crippen molar-refractivity contribution in [3.8, 4) is 0 Å². The first-order valence-electron chi connectivity index (χ1n) is 6.37. The summed E-state index contributed by atoms with van der Waals surface area (Å²) in [5.41, 5.74) is 8.71. The van der Waals surface area contributed by atoms with Crippen molar-refractivity contribution in [2.75, 3.05) is 39.0 Å².